The first-order valence-corrected chi connectivity index (χ1v) is 8.71. The fourth-order valence-electron chi connectivity index (χ4n) is 3.85. The summed E-state index contributed by atoms with van der Waals surface area (Å²) in [5.41, 5.74) is 2.47. The lowest BCUT2D eigenvalue weighted by Crippen LogP contribution is -2.52. The van der Waals surface area contributed by atoms with Crippen LogP contribution in [0, 0.1) is 5.92 Å². The van der Waals surface area contributed by atoms with Crippen LogP contribution in [-0.4, -0.2) is 60.3 Å². The number of ether oxygens (including phenoxy) is 1. The standard InChI is InChI=1S/C18H21N3O5/c1-26-18(25)11-7-20(8-11)12-2-3-13-10(6-12)9-21(17(13)24)14-4-5-15(22)19-16(14)23/h2-3,6,11,14,18,25H,4-5,7-9H2,1H3,(H,19,22,23). The van der Waals surface area contributed by atoms with Crippen molar-refractivity contribution in [2.24, 2.45) is 5.92 Å². The van der Waals surface area contributed by atoms with Crippen molar-refractivity contribution in [3.8, 4) is 0 Å². The van der Waals surface area contributed by atoms with Crippen LogP contribution < -0.4 is 10.2 Å². The molecule has 3 aliphatic heterocycles. The van der Waals surface area contributed by atoms with Crippen LogP contribution in [0.25, 0.3) is 0 Å². The van der Waals surface area contributed by atoms with Crippen LogP contribution in [-0.2, 0) is 20.9 Å². The van der Waals surface area contributed by atoms with Crippen molar-refractivity contribution in [3.05, 3.63) is 29.3 Å². The number of fused-ring (bicyclic) bond motifs is 1. The molecule has 8 heteroatoms. The lowest BCUT2D eigenvalue weighted by molar-refractivity contribution is -0.136. The third-order valence-corrected chi connectivity index (χ3v) is 5.43. The Balaban J connectivity index is 1.47. The average Bonchev–Trinajstić information content (AvgIpc) is 2.89. The van der Waals surface area contributed by atoms with Crippen LogP contribution in [0.2, 0.25) is 0 Å². The Bertz CT molecular complexity index is 774. The Morgan fingerprint density at radius 3 is 2.73 bits per heavy atom. The number of amides is 3. The number of imide groups is 1. The summed E-state index contributed by atoms with van der Waals surface area (Å²) < 4.78 is 4.94. The molecule has 0 bridgehead atoms. The van der Waals surface area contributed by atoms with E-state index in [2.05, 4.69) is 10.2 Å². The minimum absolute atomic E-state index is 0.0786. The molecule has 2 saturated heterocycles. The number of aliphatic hydroxyl groups excluding tert-OH is 1. The Kier molecular flexibility index (Phi) is 4.16. The molecule has 4 rings (SSSR count). The van der Waals surface area contributed by atoms with E-state index in [1.54, 1.807) is 11.0 Å². The van der Waals surface area contributed by atoms with Gasteiger partial charge in [0, 0.05) is 50.3 Å². The van der Waals surface area contributed by atoms with Gasteiger partial charge in [0.05, 0.1) is 0 Å². The van der Waals surface area contributed by atoms with Crippen molar-refractivity contribution < 1.29 is 24.2 Å². The molecule has 8 nitrogen and oxygen atoms in total. The van der Waals surface area contributed by atoms with Gasteiger partial charge in [-0.15, -0.1) is 0 Å². The molecule has 0 spiro atoms. The second-order valence-corrected chi connectivity index (χ2v) is 7.03. The van der Waals surface area contributed by atoms with Gasteiger partial charge in [0.1, 0.15) is 6.04 Å². The SMILES string of the molecule is COC(O)C1CN(c2ccc3c(c2)CN(C2CCC(=O)NC2=O)C3=O)C1. The minimum atomic E-state index is -0.759. The molecular formula is C18H21N3O5. The van der Waals surface area contributed by atoms with E-state index in [0.717, 1.165) is 11.3 Å². The molecule has 3 amide bonds. The molecule has 0 radical (unpaired) electrons. The Labute approximate surface area is 150 Å². The highest BCUT2D eigenvalue weighted by Gasteiger charge is 2.40. The smallest absolute Gasteiger partial charge is 0.255 e. The van der Waals surface area contributed by atoms with Crippen molar-refractivity contribution >= 4 is 23.4 Å². The van der Waals surface area contributed by atoms with Crippen molar-refractivity contribution in [1.29, 1.82) is 0 Å². The van der Waals surface area contributed by atoms with E-state index in [4.69, 9.17) is 4.74 Å². The highest BCUT2D eigenvalue weighted by Crippen LogP contribution is 2.33. The van der Waals surface area contributed by atoms with Crippen LogP contribution >= 0.6 is 0 Å². The van der Waals surface area contributed by atoms with Gasteiger partial charge in [-0.2, -0.15) is 0 Å². The maximum Gasteiger partial charge on any atom is 0.255 e. The molecule has 2 N–H and O–H groups in total. The predicted molar refractivity (Wildman–Crippen MR) is 91.2 cm³/mol. The maximum atomic E-state index is 12.7. The van der Waals surface area contributed by atoms with Gasteiger partial charge in [-0.1, -0.05) is 0 Å². The third-order valence-electron chi connectivity index (χ3n) is 5.43. The lowest BCUT2D eigenvalue weighted by Gasteiger charge is -2.42. The first-order valence-electron chi connectivity index (χ1n) is 8.71. The zero-order valence-electron chi connectivity index (χ0n) is 14.5. The fourth-order valence-corrected chi connectivity index (χ4v) is 3.85. The zero-order chi connectivity index (χ0) is 18.4. The van der Waals surface area contributed by atoms with E-state index >= 15 is 0 Å². The van der Waals surface area contributed by atoms with E-state index in [9.17, 15) is 19.5 Å². The molecule has 0 aromatic heterocycles. The minimum Gasteiger partial charge on any atom is -0.370 e. The summed E-state index contributed by atoms with van der Waals surface area (Å²) in [7, 11) is 1.48. The van der Waals surface area contributed by atoms with Gasteiger partial charge in [0.15, 0.2) is 6.29 Å². The quantitative estimate of drug-likeness (QED) is 0.573. The first-order chi connectivity index (χ1) is 12.5. The summed E-state index contributed by atoms with van der Waals surface area (Å²) in [5.74, 6) is -0.780. The summed E-state index contributed by atoms with van der Waals surface area (Å²) in [4.78, 5) is 39.7. The Morgan fingerprint density at radius 1 is 1.27 bits per heavy atom. The maximum absolute atomic E-state index is 12.7. The summed E-state index contributed by atoms with van der Waals surface area (Å²) in [5, 5.41) is 12.0. The topological polar surface area (TPSA) is 99.2 Å². The highest BCUT2D eigenvalue weighted by molar-refractivity contribution is 6.05. The second kappa shape index (κ2) is 6.37. The number of carbonyl (C=O) groups excluding carboxylic acids is 3. The molecule has 2 atom stereocenters. The Morgan fingerprint density at radius 2 is 2.04 bits per heavy atom. The van der Waals surface area contributed by atoms with Gasteiger partial charge in [-0.05, 0) is 30.2 Å². The van der Waals surface area contributed by atoms with E-state index < -0.39 is 18.2 Å². The summed E-state index contributed by atoms with van der Waals surface area (Å²) >= 11 is 0. The average molecular weight is 359 g/mol. The lowest BCUT2D eigenvalue weighted by atomic mass is 9.97. The van der Waals surface area contributed by atoms with E-state index in [1.165, 1.54) is 7.11 Å². The van der Waals surface area contributed by atoms with Crippen molar-refractivity contribution in [2.75, 3.05) is 25.1 Å². The molecule has 1 aromatic rings. The van der Waals surface area contributed by atoms with Crippen LogP contribution in [0.3, 0.4) is 0 Å². The number of hydrogen-bond donors (Lipinski definition) is 2. The normalized spacial score (nSPS) is 24.4. The Hall–Kier alpha value is -2.45. The molecular weight excluding hydrogens is 338 g/mol. The number of carbonyl (C=O) groups is 3. The number of rotatable bonds is 4. The van der Waals surface area contributed by atoms with Crippen LogP contribution in [0.4, 0.5) is 5.69 Å². The number of hydrogen-bond acceptors (Lipinski definition) is 6. The monoisotopic (exact) mass is 359 g/mol. The molecule has 0 saturated carbocycles. The largest absolute Gasteiger partial charge is 0.370 e. The number of anilines is 1. The van der Waals surface area contributed by atoms with E-state index in [0.29, 0.717) is 31.6 Å². The molecule has 1 aromatic carbocycles. The van der Waals surface area contributed by atoms with Gasteiger partial charge < -0.3 is 19.6 Å². The first kappa shape index (κ1) is 17.0. The number of methoxy groups -OCH3 is 1. The molecule has 0 aliphatic carbocycles. The molecule has 138 valence electrons. The van der Waals surface area contributed by atoms with Crippen molar-refractivity contribution in [3.63, 3.8) is 0 Å². The van der Waals surface area contributed by atoms with Gasteiger partial charge in [0.25, 0.3) is 5.91 Å². The van der Waals surface area contributed by atoms with Crippen molar-refractivity contribution in [2.45, 2.75) is 31.7 Å². The molecule has 3 heterocycles. The molecule has 26 heavy (non-hydrogen) atoms. The van der Waals surface area contributed by atoms with Gasteiger partial charge >= 0.3 is 0 Å². The molecule has 3 aliphatic rings. The van der Waals surface area contributed by atoms with E-state index in [1.807, 2.05) is 12.1 Å². The number of aliphatic hydroxyl groups is 1. The number of piperidine rings is 1. The number of nitrogens with zero attached hydrogens (tertiary/aromatic N) is 2. The summed E-state index contributed by atoms with van der Waals surface area (Å²) in [6, 6.07) is 5.05. The molecule has 2 fully saturated rings. The van der Waals surface area contributed by atoms with Crippen LogP contribution in [0.15, 0.2) is 18.2 Å². The van der Waals surface area contributed by atoms with Crippen molar-refractivity contribution in [1.82, 2.24) is 10.2 Å². The third kappa shape index (κ3) is 2.75. The van der Waals surface area contributed by atoms with E-state index in [-0.39, 0.29) is 24.2 Å². The fraction of sp³-hybridized carbons (Fsp3) is 0.500. The van der Waals surface area contributed by atoms with Crippen LogP contribution in [0.5, 0.6) is 0 Å². The van der Waals surface area contributed by atoms with Crippen LogP contribution in [0.1, 0.15) is 28.8 Å². The highest BCUT2D eigenvalue weighted by atomic mass is 16.6. The number of benzene rings is 1. The molecule has 2 unspecified atom stereocenters. The summed E-state index contributed by atoms with van der Waals surface area (Å²) in [6.45, 7) is 1.75. The van der Waals surface area contributed by atoms with Gasteiger partial charge in [-0.25, -0.2) is 0 Å². The zero-order valence-corrected chi connectivity index (χ0v) is 14.5. The predicted octanol–water partition coefficient (Wildman–Crippen LogP) is -0.151. The van der Waals surface area contributed by atoms with Gasteiger partial charge in [0.2, 0.25) is 11.8 Å². The summed E-state index contributed by atoms with van der Waals surface area (Å²) in [6.07, 6.45) is -0.149. The van der Waals surface area contributed by atoms with Gasteiger partial charge in [-0.3, -0.25) is 19.7 Å². The number of nitrogens with one attached hydrogen (secondary N) is 1. The second-order valence-electron chi connectivity index (χ2n) is 7.03.